The SMILES string of the molecule is C=C.C=CC(=O)OC.[Zn]. The van der Waals surface area contributed by atoms with Crippen molar-refractivity contribution < 1.29 is 29.0 Å². The Morgan fingerprint density at radius 1 is 1.56 bits per heavy atom. The number of hydrogen-bond donors (Lipinski definition) is 0. The van der Waals surface area contributed by atoms with Gasteiger partial charge in [0.25, 0.3) is 0 Å². The van der Waals surface area contributed by atoms with Gasteiger partial charge in [-0.15, -0.1) is 13.2 Å². The summed E-state index contributed by atoms with van der Waals surface area (Å²) in [4.78, 5) is 9.84. The second-order valence-electron chi connectivity index (χ2n) is 0.727. The Bertz CT molecular complexity index is 81.1. The first-order valence-corrected chi connectivity index (χ1v) is 2.01. The van der Waals surface area contributed by atoms with Crippen molar-refractivity contribution in [3.63, 3.8) is 0 Å². The molecule has 48 valence electrons. The molecule has 0 unspecified atom stereocenters. The van der Waals surface area contributed by atoms with Crippen molar-refractivity contribution in [1.82, 2.24) is 0 Å². The average Bonchev–Trinajstić information content (AvgIpc) is 1.91. The molecule has 0 rings (SSSR count). The molecule has 0 aliphatic heterocycles. The Morgan fingerprint density at radius 2 is 1.89 bits per heavy atom. The number of ether oxygens (including phenoxy) is 1. The molecule has 2 nitrogen and oxygen atoms in total. The monoisotopic (exact) mass is 178 g/mol. The van der Waals surface area contributed by atoms with Crippen molar-refractivity contribution >= 4 is 5.97 Å². The van der Waals surface area contributed by atoms with Gasteiger partial charge in [0.1, 0.15) is 0 Å². The Morgan fingerprint density at radius 3 is 1.89 bits per heavy atom. The zero-order valence-corrected chi connectivity index (χ0v) is 8.69. The first-order valence-electron chi connectivity index (χ1n) is 2.01. The van der Waals surface area contributed by atoms with Crippen LogP contribution in [0.2, 0.25) is 0 Å². The summed E-state index contributed by atoms with van der Waals surface area (Å²) in [6, 6.07) is 0. The van der Waals surface area contributed by atoms with E-state index in [1.54, 1.807) is 0 Å². The van der Waals surface area contributed by atoms with Gasteiger partial charge < -0.3 is 4.74 Å². The molecule has 0 amide bonds. The van der Waals surface area contributed by atoms with Gasteiger partial charge in [0.15, 0.2) is 0 Å². The summed E-state index contributed by atoms with van der Waals surface area (Å²) in [6.07, 6.45) is 1.11. The predicted octanol–water partition coefficient (Wildman–Crippen LogP) is 1.15. The van der Waals surface area contributed by atoms with E-state index in [1.165, 1.54) is 7.11 Å². The molecule has 0 heterocycles. The van der Waals surface area contributed by atoms with Gasteiger partial charge in [-0.1, -0.05) is 6.58 Å². The molecule has 0 fully saturated rings. The standard InChI is InChI=1S/C4H6O2.C2H4.Zn/c1-3-4(5)6-2;1-2;/h3H,1H2,2H3;1-2H2;. The van der Waals surface area contributed by atoms with Crippen molar-refractivity contribution in [2.45, 2.75) is 0 Å². The number of hydrogen-bond acceptors (Lipinski definition) is 2. The van der Waals surface area contributed by atoms with Crippen LogP contribution < -0.4 is 0 Å². The molecule has 0 N–H and O–H groups in total. The van der Waals surface area contributed by atoms with Crippen molar-refractivity contribution in [2.75, 3.05) is 7.11 Å². The third-order valence-electron chi connectivity index (χ3n) is 0.368. The molecule has 0 saturated heterocycles. The fourth-order valence-corrected chi connectivity index (χ4v) is 0.0833. The Hall–Kier alpha value is -0.427. The van der Waals surface area contributed by atoms with Gasteiger partial charge in [-0.2, -0.15) is 0 Å². The number of carbonyl (C=O) groups is 1. The Kier molecular flexibility index (Phi) is 27.5. The minimum Gasteiger partial charge on any atom is -0.466 e. The van der Waals surface area contributed by atoms with Crippen LogP contribution in [-0.2, 0) is 29.0 Å². The fraction of sp³-hybridized carbons (Fsp3) is 0.167. The first-order chi connectivity index (χ1) is 3.81. The van der Waals surface area contributed by atoms with E-state index in [2.05, 4.69) is 24.5 Å². The summed E-state index contributed by atoms with van der Waals surface area (Å²) in [5, 5.41) is 0. The molecule has 9 heavy (non-hydrogen) atoms. The molecule has 0 atom stereocenters. The van der Waals surface area contributed by atoms with Gasteiger partial charge in [0, 0.05) is 25.6 Å². The minimum absolute atomic E-state index is 0. The third-order valence-corrected chi connectivity index (χ3v) is 0.368. The molecule has 0 radical (unpaired) electrons. The van der Waals surface area contributed by atoms with Gasteiger partial charge in [-0.05, 0) is 0 Å². The van der Waals surface area contributed by atoms with Gasteiger partial charge in [-0.25, -0.2) is 4.79 Å². The summed E-state index contributed by atoms with van der Waals surface area (Å²) in [5.41, 5.74) is 0. The maximum Gasteiger partial charge on any atom is 0.329 e. The summed E-state index contributed by atoms with van der Waals surface area (Å²) in [5.74, 6) is -0.394. The summed E-state index contributed by atoms with van der Waals surface area (Å²) in [6.45, 7) is 9.16. The van der Waals surface area contributed by atoms with E-state index in [0.29, 0.717) is 0 Å². The molecule has 0 aromatic rings. The normalized spacial score (nSPS) is 5.00. The van der Waals surface area contributed by atoms with Gasteiger partial charge in [-0.3, -0.25) is 0 Å². The van der Waals surface area contributed by atoms with Crippen molar-refractivity contribution in [2.24, 2.45) is 0 Å². The second kappa shape index (κ2) is 15.6. The van der Waals surface area contributed by atoms with Crippen molar-refractivity contribution in [3.05, 3.63) is 25.8 Å². The van der Waals surface area contributed by atoms with Crippen LogP contribution in [0, 0.1) is 0 Å². The van der Waals surface area contributed by atoms with E-state index in [9.17, 15) is 4.79 Å². The van der Waals surface area contributed by atoms with Crippen LogP contribution in [-0.4, -0.2) is 13.1 Å². The maximum atomic E-state index is 9.84. The second-order valence-corrected chi connectivity index (χ2v) is 0.727. The number of carbonyl (C=O) groups excluding carboxylic acids is 1. The number of esters is 1. The largest absolute Gasteiger partial charge is 0.466 e. The van der Waals surface area contributed by atoms with E-state index >= 15 is 0 Å². The van der Waals surface area contributed by atoms with Crippen LogP contribution in [0.3, 0.4) is 0 Å². The van der Waals surface area contributed by atoms with Crippen LogP contribution in [0.15, 0.2) is 25.8 Å². The van der Waals surface area contributed by atoms with E-state index in [1.807, 2.05) is 0 Å². The van der Waals surface area contributed by atoms with E-state index in [4.69, 9.17) is 0 Å². The van der Waals surface area contributed by atoms with Crippen LogP contribution in [0.25, 0.3) is 0 Å². The smallest absolute Gasteiger partial charge is 0.329 e. The Balaban J connectivity index is -0.000000109. The molecule has 0 bridgehead atoms. The molecule has 0 aromatic heterocycles. The topological polar surface area (TPSA) is 26.3 Å². The summed E-state index contributed by atoms with van der Waals surface area (Å²) >= 11 is 0. The average molecular weight is 180 g/mol. The molecule has 3 heteroatoms. The van der Waals surface area contributed by atoms with Crippen LogP contribution in [0.4, 0.5) is 0 Å². The number of rotatable bonds is 1. The zero-order chi connectivity index (χ0) is 6.99. The molecule has 0 aliphatic rings. The third kappa shape index (κ3) is 18.4. The fourth-order valence-electron chi connectivity index (χ4n) is 0.0833. The van der Waals surface area contributed by atoms with Crippen LogP contribution in [0.1, 0.15) is 0 Å². The van der Waals surface area contributed by atoms with Gasteiger partial charge in [0.2, 0.25) is 0 Å². The molecular formula is C6H10O2Zn. The number of methoxy groups -OCH3 is 1. The molecular weight excluding hydrogens is 169 g/mol. The minimum atomic E-state index is -0.394. The molecule has 0 saturated carbocycles. The summed E-state index contributed by atoms with van der Waals surface area (Å²) < 4.78 is 4.14. The molecule has 0 aliphatic carbocycles. The van der Waals surface area contributed by atoms with Crippen LogP contribution >= 0.6 is 0 Å². The van der Waals surface area contributed by atoms with Gasteiger partial charge >= 0.3 is 5.97 Å². The van der Waals surface area contributed by atoms with Crippen molar-refractivity contribution in [1.29, 1.82) is 0 Å². The van der Waals surface area contributed by atoms with E-state index in [-0.39, 0.29) is 19.5 Å². The molecule has 0 spiro atoms. The quantitative estimate of drug-likeness (QED) is 0.261. The summed E-state index contributed by atoms with van der Waals surface area (Å²) in [7, 11) is 1.31. The van der Waals surface area contributed by atoms with Gasteiger partial charge in [0.05, 0.1) is 7.11 Å². The van der Waals surface area contributed by atoms with Crippen LogP contribution in [0.5, 0.6) is 0 Å². The predicted molar refractivity (Wildman–Crippen MR) is 33.5 cm³/mol. The molecule has 0 aromatic carbocycles. The van der Waals surface area contributed by atoms with Crippen molar-refractivity contribution in [3.8, 4) is 0 Å². The zero-order valence-electron chi connectivity index (χ0n) is 5.72. The van der Waals surface area contributed by atoms with E-state index < -0.39 is 5.97 Å². The maximum absolute atomic E-state index is 9.84. The Labute approximate surface area is 68.3 Å². The first kappa shape index (κ1) is 15.8. The van der Waals surface area contributed by atoms with E-state index in [0.717, 1.165) is 6.08 Å².